The molecule has 74 valence electrons. The summed E-state index contributed by atoms with van der Waals surface area (Å²) in [6.45, 7) is 0. The van der Waals surface area contributed by atoms with Crippen LogP contribution < -0.4 is 5.73 Å². The van der Waals surface area contributed by atoms with Crippen molar-refractivity contribution in [1.82, 2.24) is 0 Å². The quantitative estimate of drug-likeness (QED) is 0.655. The van der Waals surface area contributed by atoms with Gasteiger partial charge in [-0.15, -0.1) is 0 Å². The second kappa shape index (κ2) is 3.66. The van der Waals surface area contributed by atoms with Crippen molar-refractivity contribution in [1.29, 1.82) is 0 Å². The molecule has 3 heteroatoms. The van der Waals surface area contributed by atoms with Crippen LogP contribution in [-0.2, 0) is 9.53 Å². The lowest BCUT2D eigenvalue weighted by molar-refractivity contribution is -0.158. The van der Waals surface area contributed by atoms with Crippen LogP contribution in [0.15, 0.2) is 0 Å². The van der Waals surface area contributed by atoms with Gasteiger partial charge in [-0.3, -0.25) is 4.79 Å². The van der Waals surface area contributed by atoms with Gasteiger partial charge in [0.15, 0.2) is 0 Å². The van der Waals surface area contributed by atoms with Gasteiger partial charge < -0.3 is 10.5 Å². The molecule has 2 aliphatic carbocycles. The first-order chi connectivity index (χ1) is 6.27. The minimum atomic E-state index is -0.0466. The number of carbonyl (C=O) groups excluding carboxylic acids is 1. The van der Waals surface area contributed by atoms with E-state index in [0.29, 0.717) is 0 Å². The number of rotatable bonds is 2. The Morgan fingerprint density at radius 2 is 1.85 bits per heavy atom. The van der Waals surface area contributed by atoms with E-state index >= 15 is 0 Å². The first-order valence-electron chi connectivity index (χ1n) is 5.23. The summed E-state index contributed by atoms with van der Waals surface area (Å²) in [5.41, 5.74) is 5.81. The zero-order chi connectivity index (χ0) is 9.26. The largest absolute Gasteiger partial charge is 0.462 e. The fraction of sp³-hybridized carbons (Fsp3) is 0.900. The van der Waals surface area contributed by atoms with Crippen molar-refractivity contribution in [2.24, 2.45) is 11.7 Å². The molecule has 0 radical (unpaired) electrons. The highest BCUT2D eigenvalue weighted by Gasteiger charge is 2.33. The minimum Gasteiger partial charge on any atom is -0.462 e. The lowest BCUT2D eigenvalue weighted by Gasteiger charge is -2.27. The molecule has 13 heavy (non-hydrogen) atoms. The van der Waals surface area contributed by atoms with Crippen molar-refractivity contribution in [3.05, 3.63) is 0 Å². The summed E-state index contributed by atoms with van der Waals surface area (Å²) in [6, 6.07) is 0.0487. The Labute approximate surface area is 78.6 Å². The van der Waals surface area contributed by atoms with Crippen LogP contribution in [0.1, 0.15) is 38.5 Å². The SMILES string of the molecule is NC1CCCC1C(=O)OC1CCC1. The average Bonchev–Trinajstić information content (AvgIpc) is 2.43. The molecular formula is C10H17NO2. The Hall–Kier alpha value is -0.570. The van der Waals surface area contributed by atoms with E-state index in [1.165, 1.54) is 6.42 Å². The van der Waals surface area contributed by atoms with E-state index in [9.17, 15) is 4.79 Å². The lowest BCUT2D eigenvalue weighted by atomic mass is 9.95. The maximum Gasteiger partial charge on any atom is 0.310 e. The van der Waals surface area contributed by atoms with Crippen LogP contribution >= 0.6 is 0 Å². The zero-order valence-electron chi connectivity index (χ0n) is 7.87. The number of ether oxygens (including phenoxy) is 1. The van der Waals surface area contributed by atoms with Crippen LogP contribution in [0.25, 0.3) is 0 Å². The highest BCUT2D eigenvalue weighted by Crippen LogP contribution is 2.28. The third-order valence-corrected chi connectivity index (χ3v) is 3.21. The van der Waals surface area contributed by atoms with Crippen LogP contribution in [-0.4, -0.2) is 18.1 Å². The highest BCUT2D eigenvalue weighted by atomic mass is 16.5. The van der Waals surface area contributed by atoms with Crippen LogP contribution in [0.3, 0.4) is 0 Å². The fourth-order valence-electron chi connectivity index (χ4n) is 2.02. The second-order valence-electron chi connectivity index (χ2n) is 4.19. The first-order valence-corrected chi connectivity index (χ1v) is 5.23. The van der Waals surface area contributed by atoms with Gasteiger partial charge in [0.2, 0.25) is 0 Å². The summed E-state index contributed by atoms with van der Waals surface area (Å²) in [5, 5.41) is 0. The molecule has 0 heterocycles. The van der Waals surface area contributed by atoms with Crippen molar-refractivity contribution < 1.29 is 9.53 Å². The standard InChI is InChI=1S/C10H17NO2/c11-9-6-2-5-8(9)10(12)13-7-3-1-4-7/h7-9H,1-6,11H2. The highest BCUT2D eigenvalue weighted by molar-refractivity contribution is 5.73. The van der Waals surface area contributed by atoms with E-state index in [1.54, 1.807) is 0 Å². The van der Waals surface area contributed by atoms with Gasteiger partial charge in [0.25, 0.3) is 0 Å². The number of hydrogen-bond acceptors (Lipinski definition) is 3. The third kappa shape index (κ3) is 1.85. The topological polar surface area (TPSA) is 52.3 Å². The van der Waals surface area contributed by atoms with E-state index in [0.717, 1.165) is 32.1 Å². The molecule has 0 aliphatic heterocycles. The summed E-state index contributed by atoms with van der Waals surface area (Å²) < 4.78 is 5.32. The molecule has 0 bridgehead atoms. The zero-order valence-corrected chi connectivity index (χ0v) is 7.87. The van der Waals surface area contributed by atoms with Gasteiger partial charge >= 0.3 is 5.97 Å². The van der Waals surface area contributed by atoms with Gasteiger partial charge in [0.05, 0.1) is 5.92 Å². The molecule has 2 rings (SSSR count). The molecule has 0 spiro atoms. The molecule has 2 saturated carbocycles. The van der Waals surface area contributed by atoms with Gasteiger partial charge in [-0.25, -0.2) is 0 Å². The Morgan fingerprint density at radius 1 is 1.15 bits per heavy atom. The van der Waals surface area contributed by atoms with E-state index in [-0.39, 0.29) is 24.0 Å². The smallest absolute Gasteiger partial charge is 0.310 e. The number of esters is 1. The van der Waals surface area contributed by atoms with Gasteiger partial charge in [0, 0.05) is 6.04 Å². The summed E-state index contributed by atoms with van der Waals surface area (Å²) in [5.74, 6) is -0.0599. The van der Waals surface area contributed by atoms with Crippen molar-refractivity contribution >= 4 is 5.97 Å². The molecule has 2 N–H and O–H groups in total. The van der Waals surface area contributed by atoms with E-state index in [4.69, 9.17) is 10.5 Å². The molecule has 0 aromatic rings. The first kappa shape index (κ1) is 9.00. The Bertz CT molecular complexity index is 201. The summed E-state index contributed by atoms with van der Waals surface area (Å²) in [6.07, 6.45) is 6.49. The van der Waals surface area contributed by atoms with Crippen LogP contribution in [0.5, 0.6) is 0 Å². The molecule has 2 atom stereocenters. The van der Waals surface area contributed by atoms with E-state index in [2.05, 4.69) is 0 Å². The average molecular weight is 183 g/mol. The normalized spacial score (nSPS) is 34.2. The Kier molecular flexibility index (Phi) is 2.54. The lowest BCUT2D eigenvalue weighted by Crippen LogP contribution is -2.35. The molecule has 0 saturated heterocycles. The summed E-state index contributed by atoms with van der Waals surface area (Å²) in [4.78, 5) is 11.6. The molecular weight excluding hydrogens is 166 g/mol. The fourth-order valence-corrected chi connectivity index (χ4v) is 2.02. The maximum absolute atomic E-state index is 11.6. The predicted octanol–water partition coefficient (Wildman–Crippen LogP) is 1.21. The predicted molar refractivity (Wildman–Crippen MR) is 49.0 cm³/mol. The number of carbonyl (C=O) groups is 1. The van der Waals surface area contributed by atoms with Gasteiger partial charge in [0.1, 0.15) is 6.10 Å². The van der Waals surface area contributed by atoms with Crippen molar-refractivity contribution in [3.63, 3.8) is 0 Å². The monoisotopic (exact) mass is 183 g/mol. The van der Waals surface area contributed by atoms with Crippen LogP contribution in [0.4, 0.5) is 0 Å². The molecule has 2 aliphatic rings. The molecule has 2 fully saturated rings. The van der Waals surface area contributed by atoms with Crippen molar-refractivity contribution in [2.75, 3.05) is 0 Å². The van der Waals surface area contributed by atoms with Crippen molar-refractivity contribution in [2.45, 2.75) is 50.7 Å². The molecule has 3 nitrogen and oxygen atoms in total. The van der Waals surface area contributed by atoms with Crippen molar-refractivity contribution in [3.8, 4) is 0 Å². The maximum atomic E-state index is 11.6. The third-order valence-electron chi connectivity index (χ3n) is 3.21. The molecule has 0 amide bonds. The Balaban J connectivity index is 1.81. The number of nitrogens with two attached hydrogens (primary N) is 1. The Morgan fingerprint density at radius 3 is 2.31 bits per heavy atom. The van der Waals surface area contributed by atoms with E-state index in [1.807, 2.05) is 0 Å². The molecule has 0 aromatic carbocycles. The van der Waals surface area contributed by atoms with Gasteiger partial charge in [-0.2, -0.15) is 0 Å². The molecule has 2 unspecified atom stereocenters. The van der Waals surface area contributed by atoms with Gasteiger partial charge in [-0.05, 0) is 32.1 Å². The van der Waals surface area contributed by atoms with Gasteiger partial charge in [-0.1, -0.05) is 6.42 Å². The molecule has 0 aromatic heterocycles. The summed E-state index contributed by atoms with van der Waals surface area (Å²) in [7, 11) is 0. The second-order valence-corrected chi connectivity index (χ2v) is 4.19. The van der Waals surface area contributed by atoms with E-state index < -0.39 is 0 Å². The summed E-state index contributed by atoms with van der Waals surface area (Å²) >= 11 is 0. The minimum absolute atomic E-state index is 0.0133. The van der Waals surface area contributed by atoms with Crippen LogP contribution in [0, 0.1) is 5.92 Å². The van der Waals surface area contributed by atoms with Crippen LogP contribution in [0.2, 0.25) is 0 Å². The number of hydrogen-bond donors (Lipinski definition) is 1.